The Balaban J connectivity index is 2.33. The molecule has 0 spiro atoms. The molecule has 1 amide bonds. The van der Waals surface area contributed by atoms with Gasteiger partial charge in [-0.3, -0.25) is 19.7 Å². The lowest BCUT2D eigenvalue weighted by atomic mass is 10.1. The molecule has 0 saturated carbocycles. The number of amides is 1. The Bertz CT molecular complexity index is 892. The van der Waals surface area contributed by atoms with E-state index in [0.29, 0.717) is 6.07 Å². The normalized spacial score (nSPS) is 11.3. The van der Waals surface area contributed by atoms with Crippen molar-refractivity contribution >= 4 is 11.6 Å². The molecule has 2 rings (SSSR count). The number of halogens is 3. The van der Waals surface area contributed by atoms with Gasteiger partial charge in [-0.05, 0) is 24.1 Å². The van der Waals surface area contributed by atoms with E-state index < -0.39 is 33.8 Å². The molecule has 0 aliphatic heterocycles. The Labute approximate surface area is 137 Å². The number of nitro groups is 1. The molecular formula is C14H11F3N4O4. The Morgan fingerprint density at radius 3 is 2.52 bits per heavy atom. The molecule has 0 atom stereocenters. The van der Waals surface area contributed by atoms with Crippen LogP contribution < -0.4 is 11.3 Å². The quantitative estimate of drug-likeness (QED) is 0.643. The van der Waals surface area contributed by atoms with Crippen LogP contribution in [0.25, 0.3) is 0 Å². The van der Waals surface area contributed by atoms with E-state index in [9.17, 15) is 32.9 Å². The summed E-state index contributed by atoms with van der Waals surface area (Å²) in [6.45, 7) is -0.182. The zero-order valence-electron chi connectivity index (χ0n) is 12.5. The predicted octanol–water partition coefficient (Wildman–Crippen LogP) is 1.51. The topological polar surface area (TPSA) is 121 Å². The lowest BCUT2D eigenvalue weighted by Gasteiger charge is -2.10. The number of alkyl halides is 3. The largest absolute Gasteiger partial charge is 0.416 e. The number of carbonyl (C=O) groups excluding carboxylic acids is 1. The molecule has 132 valence electrons. The van der Waals surface area contributed by atoms with Gasteiger partial charge in [0, 0.05) is 24.7 Å². The average Bonchev–Trinajstić information content (AvgIpc) is 2.52. The van der Waals surface area contributed by atoms with Gasteiger partial charge in [0.05, 0.1) is 10.5 Å². The molecule has 2 N–H and O–H groups in total. The predicted molar refractivity (Wildman–Crippen MR) is 78.8 cm³/mol. The third kappa shape index (κ3) is 4.40. The van der Waals surface area contributed by atoms with E-state index in [4.69, 9.17) is 5.73 Å². The summed E-state index contributed by atoms with van der Waals surface area (Å²) in [6.07, 6.45) is -4.89. The third-order valence-electron chi connectivity index (χ3n) is 3.25. The first-order valence-corrected chi connectivity index (χ1v) is 6.81. The van der Waals surface area contributed by atoms with Gasteiger partial charge in [0.1, 0.15) is 5.69 Å². The van der Waals surface area contributed by atoms with Crippen molar-refractivity contribution < 1.29 is 22.9 Å². The van der Waals surface area contributed by atoms with Crippen LogP contribution in [0.15, 0.2) is 35.1 Å². The van der Waals surface area contributed by atoms with Gasteiger partial charge >= 0.3 is 6.18 Å². The fraction of sp³-hybridized carbons (Fsp3) is 0.214. The first-order valence-electron chi connectivity index (χ1n) is 6.81. The van der Waals surface area contributed by atoms with Gasteiger partial charge in [-0.15, -0.1) is 0 Å². The van der Waals surface area contributed by atoms with Crippen molar-refractivity contribution in [3.05, 3.63) is 67.6 Å². The van der Waals surface area contributed by atoms with Gasteiger partial charge in [0.25, 0.3) is 17.2 Å². The van der Waals surface area contributed by atoms with Gasteiger partial charge in [-0.1, -0.05) is 0 Å². The number of carbonyl (C=O) groups is 1. The Morgan fingerprint density at radius 2 is 1.96 bits per heavy atom. The number of primary amides is 1. The van der Waals surface area contributed by atoms with E-state index in [1.807, 2.05) is 0 Å². The van der Waals surface area contributed by atoms with E-state index >= 15 is 0 Å². The highest BCUT2D eigenvalue weighted by molar-refractivity contribution is 5.90. The summed E-state index contributed by atoms with van der Waals surface area (Å²) in [4.78, 5) is 32.6. The van der Waals surface area contributed by atoms with Crippen molar-refractivity contribution in [3.8, 4) is 0 Å². The van der Waals surface area contributed by atoms with Crippen molar-refractivity contribution in [2.24, 2.45) is 5.73 Å². The fourth-order valence-electron chi connectivity index (χ4n) is 2.06. The number of hydrogen-bond donors (Lipinski definition) is 1. The first-order chi connectivity index (χ1) is 11.6. The summed E-state index contributed by atoms with van der Waals surface area (Å²) in [5.41, 5.74) is 2.39. The van der Waals surface area contributed by atoms with Gasteiger partial charge in [-0.2, -0.15) is 18.3 Å². The van der Waals surface area contributed by atoms with Gasteiger partial charge in [0.15, 0.2) is 0 Å². The molecule has 0 fully saturated rings. The zero-order chi connectivity index (χ0) is 18.8. The van der Waals surface area contributed by atoms with Crippen LogP contribution in [0.2, 0.25) is 0 Å². The molecule has 0 aliphatic carbocycles. The maximum atomic E-state index is 12.8. The molecule has 0 radical (unpaired) electrons. The third-order valence-corrected chi connectivity index (χ3v) is 3.25. The molecule has 25 heavy (non-hydrogen) atoms. The molecule has 1 heterocycles. The minimum atomic E-state index is -4.75. The monoisotopic (exact) mass is 356 g/mol. The van der Waals surface area contributed by atoms with Crippen LogP contribution in [0.5, 0.6) is 0 Å². The van der Waals surface area contributed by atoms with Gasteiger partial charge in [-0.25, -0.2) is 4.68 Å². The van der Waals surface area contributed by atoms with Crippen molar-refractivity contribution in [2.75, 3.05) is 0 Å². The van der Waals surface area contributed by atoms with E-state index in [-0.39, 0.29) is 24.2 Å². The van der Waals surface area contributed by atoms with E-state index in [2.05, 4.69) is 5.10 Å². The molecule has 0 bridgehead atoms. The van der Waals surface area contributed by atoms with Gasteiger partial charge < -0.3 is 5.73 Å². The lowest BCUT2D eigenvalue weighted by molar-refractivity contribution is -0.385. The lowest BCUT2D eigenvalue weighted by Crippen LogP contribution is -2.27. The zero-order valence-corrected chi connectivity index (χ0v) is 12.5. The smallest absolute Gasteiger partial charge is 0.364 e. The number of nitro benzene ring substituents is 1. The van der Waals surface area contributed by atoms with Crippen LogP contribution in [-0.2, 0) is 19.1 Å². The Morgan fingerprint density at radius 1 is 1.28 bits per heavy atom. The molecule has 2 aromatic rings. The minimum Gasteiger partial charge on any atom is -0.364 e. The Kier molecular flexibility index (Phi) is 4.86. The molecule has 1 aromatic carbocycles. The second kappa shape index (κ2) is 6.71. The highest BCUT2D eigenvalue weighted by atomic mass is 19.4. The molecular weight excluding hydrogens is 345 g/mol. The summed E-state index contributed by atoms with van der Waals surface area (Å²) < 4.78 is 39.4. The van der Waals surface area contributed by atoms with E-state index in [1.165, 1.54) is 0 Å². The number of benzene rings is 1. The van der Waals surface area contributed by atoms with Gasteiger partial charge in [0.2, 0.25) is 0 Å². The second-order valence-electron chi connectivity index (χ2n) is 5.04. The van der Waals surface area contributed by atoms with Crippen molar-refractivity contribution in [1.29, 1.82) is 0 Å². The maximum absolute atomic E-state index is 12.8. The van der Waals surface area contributed by atoms with Crippen LogP contribution in [-0.4, -0.2) is 20.6 Å². The van der Waals surface area contributed by atoms with Crippen molar-refractivity contribution in [3.63, 3.8) is 0 Å². The molecule has 11 heteroatoms. The number of non-ortho nitro benzene ring substituents is 1. The number of nitrogens with two attached hydrogens (primary N) is 1. The first kappa shape index (κ1) is 18.1. The van der Waals surface area contributed by atoms with Crippen molar-refractivity contribution in [1.82, 2.24) is 9.78 Å². The van der Waals surface area contributed by atoms with Crippen LogP contribution in [0.1, 0.15) is 21.6 Å². The molecule has 1 aromatic heterocycles. The van der Waals surface area contributed by atoms with Crippen LogP contribution >= 0.6 is 0 Å². The number of aryl methyl sites for hydroxylation is 2. The van der Waals surface area contributed by atoms with Crippen LogP contribution in [0.3, 0.4) is 0 Å². The minimum absolute atomic E-state index is 0.000275. The fourth-order valence-corrected chi connectivity index (χ4v) is 2.06. The second-order valence-corrected chi connectivity index (χ2v) is 5.04. The summed E-state index contributed by atoms with van der Waals surface area (Å²) in [5.74, 6) is -0.872. The van der Waals surface area contributed by atoms with E-state index in [1.54, 1.807) is 0 Å². The summed E-state index contributed by atoms with van der Waals surface area (Å²) in [6, 6.07) is 4.34. The summed E-state index contributed by atoms with van der Waals surface area (Å²) in [5, 5.41) is 14.5. The highest BCUT2D eigenvalue weighted by Gasteiger charge is 2.32. The molecule has 0 saturated heterocycles. The average molecular weight is 356 g/mol. The van der Waals surface area contributed by atoms with Crippen molar-refractivity contribution in [2.45, 2.75) is 19.1 Å². The Hall–Kier alpha value is -3.24. The number of nitrogens with zero attached hydrogens (tertiary/aromatic N) is 3. The number of hydrogen-bond acceptors (Lipinski definition) is 5. The SMILES string of the molecule is NC(=O)c1ccc(=O)n(CCc2cc([N+](=O)[O-])cc(C(F)(F)F)c2)n1. The summed E-state index contributed by atoms with van der Waals surface area (Å²) >= 11 is 0. The molecule has 0 aliphatic rings. The molecule has 0 unspecified atom stereocenters. The molecule has 8 nitrogen and oxygen atoms in total. The number of aromatic nitrogens is 2. The van der Waals surface area contributed by atoms with Crippen LogP contribution in [0.4, 0.5) is 18.9 Å². The van der Waals surface area contributed by atoms with E-state index in [0.717, 1.165) is 28.9 Å². The highest BCUT2D eigenvalue weighted by Crippen LogP contribution is 2.32. The number of rotatable bonds is 5. The maximum Gasteiger partial charge on any atom is 0.416 e. The van der Waals surface area contributed by atoms with Crippen LogP contribution in [0, 0.1) is 10.1 Å². The summed E-state index contributed by atoms with van der Waals surface area (Å²) in [7, 11) is 0. The standard InChI is InChI=1S/C14H11F3N4O4/c15-14(16,17)9-5-8(6-10(7-9)21(24)25)3-4-20-12(22)2-1-11(19-20)13(18)23/h1-2,5-7H,3-4H2,(H2,18,23).